The molecule has 0 radical (unpaired) electrons. The van der Waals surface area contributed by atoms with Crippen LogP contribution in [0, 0.1) is 11.3 Å². The highest BCUT2D eigenvalue weighted by Gasteiger charge is 2.20. The smallest absolute Gasteiger partial charge is 0.349 e. The van der Waals surface area contributed by atoms with Crippen LogP contribution in [0.25, 0.3) is 33.4 Å². The summed E-state index contributed by atoms with van der Waals surface area (Å²) in [6.07, 6.45) is 0. The fraction of sp³-hybridized carbons (Fsp3) is 0.0455. The molecule has 2 aromatic heterocycles. The van der Waals surface area contributed by atoms with E-state index in [-0.39, 0.29) is 34.0 Å². The summed E-state index contributed by atoms with van der Waals surface area (Å²) in [6.45, 7) is 0. The quantitative estimate of drug-likeness (QED) is 0.516. The molecule has 0 aliphatic heterocycles. The van der Waals surface area contributed by atoms with Gasteiger partial charge in [0, 0.05) is 5.56 Å². The fourth-order valence-electron chi connectivity index (χ4n) is 3.19. The number of aromatic nitrogens is 1. The lowest BCUT2D eigenvalue weighted by Crippen LogP contribution is -2.07. The Bertz CT molecular complexity index is 1350. The number of nitrogen functional groups attached to an aromatic ring is 1. The summed E-state index contributed by atoms with van der Waals surface area (Å²) in [5, 5.41) is 20.7. The van der Waals surface area contributed by atoms with E-state index in [9.17, 15) is 15.2 Å². The number of methoxy groups -OCH3 is 1. The molecule has 2 heterocycles. The van der Waals surface area contributed by atoms with Crippen LogP contribution >= 0.6 is 0 Å². The van der Waals surface area contributed by atoms with Crippen molar-refractivity contribution in [1.82, 2.24) is 4.98 Å². The standard InChI is InChI=1S/C22H15N3O4/c1-28-13-6-4-5-12(9-13)15-10-17(25-21(24)16(15)11-23)19-20(26)14-7-2-3-8-18(14)29-22(19)27/h2-10,26H,1H3,(H2,24,25). The van der Waals surface area contributed by atoms with Gasteiger partial charge in [0.1, 0.15) is 40.1 Å². The molecule has 0 saturated heterocycles. The second-order valence-corrected chi connectivity index (χ2v) is 6.27. The molecule has 3 N–H and O–H groups in total. The largest absolute Gasteiger partial charge is 0.506 e. The summed E-state index contributed by atoms with van der Waals surface area (Å²) in [7, 11) is 1.54. The van der Waals surface area contributed by atoms with E-state index >= 15 is 0 Å². The number of para-hydroxylation sites is 1. The Morgan fingerprint density at radius 3 is 2.72 bits per heavy atom. The van der Waals surface area contributed by atoms with Crippen LogP contribution in [0.15, 0.2) is 63.8 Å². The Morgan fingerprint density at radius 1 is 1.17 bits per heavy atom. The Labute approximate surface area is 165 Å². The van der Waals surface area contributed by atoms with Crippen molar-refractivity contribution in [3.63, 3.8) is 0 Å². The first-order valence-electron chi connectivity index (χ1n) is 8.63. The molecule has 0 bridgehead atoms. The summed E-state index contributed by atoms with van der Waals surface area (Å²) >= 11 is 0. The minimum Gasteiger partial charge on any atom is -0.506 e. The number of aromatic hydroxyl groups is 1. The number of nitrogens with two attached hydrogens (primary N) is 1. The van der Waals surface area contributed by atoms with Crippen LogP contribution < -0.4 is 16.1 Å². The monoisotopic (exact) mass is 385 g/mol. The minimum absolute atomic E-state index is 0.0604. The Kier molecular flexibility index (Phi) is 4.37. The lowest BCUT2D eigenvalue weighted by Gasteiger charge is -2.12. The van der Waals surface area contributed by atoms with Crippen LogP contribution in [0.1, 0.15) is 5.56 Å². The van der Waals surface area contributed by atoms with E-state index in [4.69, 9.17) is 14.9 Å². The maximum absolute atomic E-state index is 12.6. The van der Waals surface area contributed by atoms with Gasteiger partial charge in [0.25, 0.3) is 0 Å². The van der Waals surface area contributed by atoms with Crippen molar-refractivity contribution in [2.24, 2.45) is 0 Å². The molecule has 0 aliphatic rings. The molecule has 0 spiro atoms. The highest BCUT2D eigenvalue weighted by molar-refractivity contribution is 5.91. The Morgan fingerprint density at radius 2 is 1.97 bits per heavy atom. The van der Waals surface area contributed by atoms with Crippen molar-refractivity contribution in [2.75, 3.05) is 12.8 Å². The summed E-state index contributed by atoms with van der Waals surface area (Å²) in [5.41, 5.74) is 6.77. The number of hydrogen-bond donors (Lipinski definition) is 2. The predicted molar refractivity (Wildman–Crippen MR) is 108 cm³/mol. The summed E-state index contributed by atoms with van der Waals surface area (Å²) in [4.78, 5) is 16.8. The number of rotatable bonds is 3. The van der Waals surface area contributed by atoms with Gasteiger partial charge in [-0.15, -0.1) is 0 Å². The van der Waals surface area contributed by atoms with Gasteiger partial charge in [0.15, 0.2) is 0 Å². The molecule has 0 aliphatic carbocycles. The number of nitriles is 1. The van der Waals surface area contributed by atoms with Crippen molar-refractivity contribution >= 4 is 16.8 Å². The third kappa shape index (κ3) is 3.03. The lowest BCUT2D eigenvalue weighted by molar-refractivity contribution is 0.415. The zero-order valence-corrected chi connectivity index (χ0v) is 15.3. The van der Waals surface area contributed by atoms with Crippen LogP contribution in [0.5, 0.6) is 11.5 Å². The topological polar surface area (TPSA) is 122 Å². The molecule has 142 valence electrons. The van der Waals surface area contributed by atoms with Gasteiger partial charge in [0.05, 0.1) is 18.2 Å². The predicted octanol–water partition coefficient (Wildman–Crippen LogP) is 3.69. The first-order chi connectivity index (χ1) is 14.0. The molecule has 7 nitrogen and oxygen atoms in total. The van der Waals surface area contributed by atoms with Crippen LogP contribution in [0.4, 0.5) is 5.82 Å². The third-order valence-corrected chi connectivity index (χ3v) is 4.58. The Balaban J connectivity index is 2.02. The van der Waals surface area contributed by atoms with E-state index in [0.29, 0.717) is 22.3 Å². The summed E-state index contributed by atoms with van der Waals surface area (Å²) < 4.78 is 10.6. The normalized spacial score (nSPS) is 10.6. The lowest BCUT2D eigenvalue weighted by atomic mass is 9.98. The molecule has 7 heteroatoms. The maximum atomic E-state index is 12.6. The molecule has 2 aromatic carbocycles. The average molecular weight is 385 g/mol. The van der Waals surface area contributed by atoms with Crippen LogP contribution in [0.3, 0.4) is 0 Å². The van der Waals surface area contributed by atoms with E-state index in [1.54, 1.807) is 48.5 Å². The van der Waals surface area contributed by atoms with Crippen LogP contribution in [0.2, 0.25) is 0 Å². The molecular formula is C22H15N3O4. The number of benzene rings is 2. The average Bonchev–Trinajstić information content (AvgIpc) is 2.73. The molecule has 0 atom stereocenters. The number of nitrogens with zero attached hydrogens (tertiary/aromatic N) is 2. The van der Waals surface area contributed by atoms with Gasteiger partial charge in [-0.3, -0.25) is 0 Å². The maximum Gasteiger partial charge on any atom is 0.349 e. The van der Waals surface area contributed by atoms with Gasteiger partial charge in [-0.05, 0) is 35.9 Å². The number of ether oxygens (including phenoxy) is 1. The van der Waals surface area contributed by atoms with Gasteiger partial charge in [-0.2, -0.15) is 5.26 Å². The van der Waals surface area contributed by atoms with Crippen molar-refractivity contribution in [3.05, 3.63) is 70.6 Å². The van der Waals surface area contributed by atoms with Gasteiger partial charge >= 0.3 is 5.63 Å². The molecular weight excluding hydrogens is 370 g/mol. The molecule has 4 rings (SSSR count). The summed E-state index contributed by atoms with van der Waals surface area (Å²) in [6, 6.07) is 17.3. The second kappa shape index (κ2) is 7.02. The number of anilines is 1. The molecule has 0 fully saturated rings. The highest BCUT2D eigenvalue weighted by atomic mass is 16.5. The number of pyridine rings is 1. The van der Waals surface area contributed by atoms with Crippen molar-refractivity contribution in [3.8, 4) is 40.0 Å². The van der Waals surface area contributed by atoms with Crippen LogP contribution in [-0.4, -0.2) is 17.2 Å². The zero-order chi connectivity index (χ0) is 20.5. The SMILES string of the molecule is COc1cccc(-c2cc(-c3c(O)c4ccccc4oc3=O)nc(N)c2C#N)c1. The fourth-order valence-corrected chi connectivity index (χ4v) is 3.19. The minimum atomic E-state index is -0.755. The van der Waals surface area contributed by atoms with Gasteiger partial charge < -0.3 is 20.0 Å². The molecule has 4 aromatic rings. The van der Waals surface area contributed by atoms with Gasteiger partial charge in [-0.25, -0.2) is 9.78 Å². The van der Waals surface area contributed by atoms with E-state index in [1.807, 2.05) is 6.07 Å². The van der Waals surface area contributed by atoms with E-state index < -0.39 is 5.63 Å². The van der Waals surface area contributed by atoms with E-state index in [1.165, 1.54) is 13.2 Å². The highest BCUT2D eigenvalue weighted by Crippen LogP contribution is 2.36. The van der Waals surface area contributed by atoms with Crippen molar-refractivity contribution in [1.29, 1.82) is 5.26 Å². The number of hydrogen-bond acceptors (Lipinski definition) is 7. The Hall–Kier alpha value is -4.31. The summed E-state index contributed by atoms with van der Waals surface area (Å²) in [5.74, 6) is 0.274. The van der Waals surface area contributed by atoms with Crippen LogP contribution in [-0.2, 0) is 0 Å². The van der Waals surface area contributed by atoms with Gasteiger partial charge in [0.2, 0.25) is 0 Å². The number of fused-ring (bicyclic) bond motifs is 1. The molecule has 29 heavy (non-hydrogen) atoms. The second-order valence-electron chi connectivity index (χ2n) is 6.27. The first-order valence-corrected chi connectivity index (χ1v) is 8.63. The van der Waals surface area contributed by atoms with E-state index in [0.717, 1.165) is 0 Å². The molecule has 0 saturated carbocycles. The third-order valence-electron chi connectivity index (χ3n) is 4.58. The first kappa shape index (κ1) is 18.1. The van der Waals surface area contributed by atoms with Crippen molar-refractivity contribution < 1.29 is 14.3 Å². The molecule has 0 amide bonds. The molecule has 0 unspecified atom stereocenters. The zero-order valence-electron chi connectivity index (χ0n) is 15.3. The van der Waals surface area contributed by atoms with Crippen molar-refractivity contribution in [2.45, 2.75) is 0 Å². The van der Waals surface area contributed by atoms with Gasteiger partial charge in [-0.1, -0.05) is 24.3 Å². The van der Waals surface area contributed by atoms with E-state index in [2.05, 4.69) is 4.98 Å².